The van der Waals surface area contributed by atoms with Crippen molar-refractivity contribution >= 4 is 34.2 Å². The maximum absolute atomic E-state index is 11.4. The summed E-state index contributed by atoms with van der Waals surface area (Å²) < 4.78 is 5.07. The van der Waals surface area contributed by atoms with Crippen LogP contribution >= 0.6 is 0 Å². The molecular formula is C25H28N6O2. The first-order valence-corrected chi connectivity index (χ1v) is 11.4. The molecule has 4 aromatic rings. The van der Waals surface area contributed by atoms with Gasteiger partial charge in [0.25, 0.3) is 0 Å². The second-order valence-corrected chi connectivity index (χ2v) is 8.60. The summed E-state index contributed by atoms with van der Waals surface area (Å²) in [4.78, 5) is 25.8. The number of piperidine rings is 1. The van der Waals surface area contributed by atoms with E-state index in [1.807, 2.05) is 25.1 Å². The predicted molar refractivity (Wildman–Crippen MR) is 130 cm³/mol. The molecule has 1 aliphatic heterocycles. The number of nitrogens with zero attached hydrogens (tertiary/aromatic N) is 3. The van der Waals surface area contributed by atoms with Crippen LogP contribution in [-0.4, -0.2) is 32.9 Å². The van der Waals surface area contributed by atoms with E-state index >= 15 is 0 Å². The average molecular weight is 445 g/mol. The quantitative estimate of drug-likeness (QED) is 0.373. The Balaban J connectivity index is 1.34. The van der Waals surface area contributed by atoms with Crippen LogP contribution in [0, 0.1) is 6.92 Å². The zero-order chi connectivity index (χ0) is 22.8. The Kier molecular flexibility index (Phi) is 5.83. The zero-order valence-electron chi connectivity index (χ0n) is 18.9. The van der Waals surface area contributed by atoms with E-state index in [1.165, 1.54) is 24.8 Å². The summed E-state index contributed by atoms with van der Waals surface area (Å²) in [6, 6.07) is 14.3. The molecule has 3 N–H and O–H groups in total. The molecule has 3 heterocycles. The number of hydrogen-bond donors (Lipinski definition) is 3. The Hall–Kier alpha value is -3.65. The molecule has 1 fully saturated rings. The van der Waals surface area contributed by atoms with Gasteiger partial charge in [0.1, 0.15) is 5.82 Å². The molecule has 33 heavy (non-hydrogen) atoms. The van der Waals surface area contributed by atoms with Gasteiger partial charge in [0.15, 0.2) is 5.58 Å². The summed E-state index contributed by atoms with van der Waals surface area (Å²) in [5.41, 5.74) is 5.11. The first kappa shape index (κ1) is 21.2. The molecule has 1 atom stereocenters. The highest BCUT2D eigenvalue weighted by molar-refractivity contribution is 5.78. The van der Waals surface area contributed by atoms with E-state index in [-0.39, 0.29) is 0 Å². The van der Waals surface area contributed by atoms with Crippen LogP contribution in [0.5, 0.6) is 0 Å². The number of rotatable bonds is 6. The highest BCUT2D eigenvalue weighted by Gasteiger charge is 2.18. The Morgan fingerprint density at radius 1 is 1.06 bits per heavy atom. The van der Waals surface area contributed by atoms with E-state index in [0.717, 1.165) is 30.0 Å². The number of hydrogen-bond acceptors (Lipinski definition) is 7. The molecule has 1 saturated heterocycles. The van der Waals surface area contributed by atoms with Crippen LogP contribution in [0.1, 0.15) is 43.4 Å². The van der Waals surface area contributed by atoms with E-state index in [4.69, 9.17) is 4.42 Å². The molecule has 2 aromatic carbocycles. The van der Waals surface area contributed by atoms with Gasteiger partial charge in [-0.25, -0.2) is 9.78 Å². The highest BCUT2D eigenvalue weighted by Crippen LogP contribution is 2.27. The van der Waals surface area contributed by atoms with E-state index in [2.05, 4.69) is 55.6 Å². The molecule has 0 aliphatic carbocycles. The Labute approximate surface area is 192 Å². The van der Waals surface area contributed by atoms with Crippen molar-refractivity contribution in [2.75, 3.05) is 23.7 Å². The number of aromatic nitrogens is 3. The van der Waals surface area contributed by atoms with Gasteiger partial charge in [-0.1, -0.05) is 18.6 Å². The molecular weight excluding hydrogens is 416 g/mol. The van der Waals surface area contributed by atoms with Crippen molar-refractivity contribution < 1.29 is 4.42 Å². The topological polar surface area (TPSA) is 99.1 Å². The normalized spacial score (nSPS) is 15.5. The second-order valence-electron chi connectivity index (χ2n) is 8.60. The Bertz CT molecular complexity index is 1320. The van der Waals surface area contributed by atoms with Crippen molar-refractivity contribution in [3.63, 3.8) is 0 Å². The van der Waals surface area contributed by atoms with Crippen molar-refractivity contribution in [3.8, 4) is 0 Å². The summed E-state index contributed by atoms with van der Waals surface area (Å²) in [5, 5.41) is 6.66. The molecule has 0 spiro atoms. The van der Waals surface area contributed by atoms with Crippen molar-refractivity contribution in [2.45, 2.75) is 39.2 Å². The van der Waals surface area contributed by atoms with Crippen LogP contribution in [0.15, 0.2) is 57.9 Å². The number of nitrogens with one attached hydrogen (secondary N) is 3. The third kappa shape index (κ3) is 4.75. The standard InChI is InChI=1S/C25H28N6O2/c1-16-15-26-24(30-23(16)27-20-9-10-22-21(14-20)29-25(32)33-22)28-19-8-6-7-18(13-19)17(2)31-11-4-3-5-12-31/h6-10,13-15,17H,3-5,11-12H2,1-2H3,(H,29,32)(H2,26,27,28,30). The number of likely N-dealkylation sites (tertiary alicyclic amines) is 1. The van der Waals surface area contributed by atoms with Crippen molar-refractivity contribution in [1.82, 2.24) is 19.9 Å². The fourth-order valence-electron chi connectivity index (χ4n) is 4.32. The molecule has 1 unspecified atom stereocenters. The third-order valence-electron chi connectivity index (χ3n) is 6.22. The van der Waals surface area contributed by atoms with Crippen LogP contribution in [0.3, 0.4) is 0 Å². The number of benzene rings is 2. The van der Waals surface area contributed by atoms with Crippen molar-refractivity contribution in [1.29, 1.82) is 0 Å². The zero-order valence-corrected chi connectivity index (χ0v) is 18.9. The minimum atomic E-state index is -0.469. The van der Waals surface area contributed by atoms with Crippen molar-refractivity contribution in [2.24, 2.45) is 0 Å². The smallest absolute Gasteiger partial charge is 0.408 e. The molecule has 0 bridgehead atoms. The van der Waals surface area contributed by atoms with Gasteiger partial charge in [0.05, 0.1) is 5.52 Å². The molecule has 2 aromatic heterocycles. The van der Waals surface area contributed by atoms with Gasteiger partial charge < -0.3 is 15.1 Å². The van der Waals surface area contributed by atoms with Gasteiger partial charge in [-0.05, 0) is 75.7 Å². The van der Waals surface area contributed by atoms with Crippen LogP contribution in [0.2, 0.25) is 0 Å². The van der Waals surface area contributed by atoms with Crippen LogP contribution in [-0.2, 0) is 0 Å². The van der Waals surface area contributed by atoms with E-state index in [1.54, 1.807) is 12.3 Å². The average Bonchev–Trinajstić information content (AvgIpc) is 3.21. The van der Waals surface area contributed by atoms with E-state index in [9.17, 15) is 4.79 Å². The molecule has 0 saturated carbocycles. The summed E-state index contributed by atoms with van der Waals surface area (Å²) in [7, 11) is 0. The fourth-order valence-corrected chi connectivity index (χ4v) is 4.32. The largest absolute Gasteiger partial charge is 0.417 e. The lowest BCUT2D eigenvalue weighted by Gasteiger charge is -2.32. The Morgan fingerprint density at radius 2 is 1.88 bits per heavy atom. The predicted octanol–water partition coefficient (Wildman–Crippen LogP) is 5.25. The van der Waals surface area contributed by atoms with Gasteiger partial charge in [0.2, 0.25) is 5.95 Å². The maximum Gasteiger partial charge on any atom is 0.417 e. The van der Waals surface area contributed by atoms with E-state index in [0.29, 0.717) is 28.9 Å². The van der Waals surface area contributed by atoms with Crippen LogP contribution in [0.4, 0.5) is 23.1 Å². The van der Waals surface area contributed by atoms with Gasteiger partial charge in [0, 0.05) is 29.2 Å². The first-order valence-electron chi connectivity index (χ1n) is 11.4. The second kappa shape index (κ2) is 9.07. The van der Waals surface area contributed by atoms with Gasteiger partial charge in [-0.3, -0.25) is 9.88 Å². The number of anilines is 4. The summed E-state index contributed by atoms with van der Waals surface area (Å²) >= 11 is 0. The summed E-state index contributed by atoms with van der Waals surface area (Å²) in [5.74, 6) is 0.739. The lowest BCUT2D eigenvalue weighted by molar-refractivity contribution is 0.175. The van der Waals surface area contributed by atoms with Gasteiger partial charge in [-0.15, -0.1) is 0 Å². The maximum atomic E-state index is 11.4. The summed E-state index contributed by atoms with van der Waals surface area (Å²) in [6.07, 6.45) is 5.67. The lowest BCUT2D eigenvalue weighted by atomic mass is 10.0. The minimum Gasteiger partial charge on any atom is -0.408 e. The highest BCUT2D eigenvalue weighted by atomic mass is 16.4. The molecule has 8 heteroatoms. The number of fused-ring (bicyclic) bond motifs is 1. The first-order chi connectivity index (χ1) is 16.0. The third-order valence-corrected chi connectivity index (χ3v) is 6.22. The monoisotopic (exact) mass is 444 g/mol. The molecule has 170 valence electrons. The SMILES string of the molecule is Cc1cnc(Nc2cccc(C(C)N3CCCCC3)c2)nc1Nc1ccc2oc(=O)[nH]c2c1. The molecule has 0 amide bonds. The number of oxazole rings is 1. The number of aryl methyl sites for hydroxylation is 1. The number of aromatic amines is 1. The van der Waals surface area contributed by atoms with E-state index < -0.39 is 5.76 Å². The Morgan fingerprint density at radius 3 is 2.73 bits per heavy atom. The summed E-state index contributed by atoms with van der Waals surface area (Å²) in [6.45, 7) is 6.55. The van der Waals surface area contributed by atoms with Crippen LogP contribution in [0.25, 0.3) is 11.1 Å². The fraction of sp³-hybridized carbons (Fsp3) is 0.320. The minimum absolute atomic E-state index is 0.382. The van der Waals surface area contributed by atoms with Gasteiger partial charge in [-0.2, -0.15) is 4.98 Å². The van der Waals surface area contributed by atoms with Crippen molar-refractivity contribution in [3.05, 3.63) is 70.3 Å². The molecule has 5 rings (SSSR count). The molecule has 1 aliphatic rings. The number of H-pyrrole nitrogens is 1. The lowest BCUT2D eigenvalue weighted by Crippen LogP contribution is -2.32. The molecule has 0 radical (unpaired) electrons. The molecule has 8 nitrogen and oxygen atoms in total. The van der Waals surface area contributed by atoms with Crippen LogP contribution < -0.4 is 16.4 Å². The van der Waals surface area contributed by atoms with Gasteiger partial charge >= 0.3 is 5.76 Å².